The molecule has 1 saturated heterocycles. The van der Waals surface area contributed by atoms with Crippen molar-refractivity contribution in [3.63, 3.8) is 0 Å². The van der Waals surface area contributed by atoms with Crippen LogP contribution >= 0.6 is 0 Å². The SMILES string of the molecule is CC1(C)OB(c2ccc(C(=O)Nc3cc(C(F)(F)F)ccn3)c(OC3CC3)c2)OC1(C)C. The van der Waals surface area contributed by atoms with Gasteiger partial charge in [-0.1, -0.05) is 6.07 Å². The summed E-state index contributed by atoms with van der Waals surface area (Å²) >= 11 is 0. The quantitative estimate of drug-likeness (QED) is 0.695. The zero-order valence-electron chi connectivity index (χ0n) is 18.2. The Bertz CT molecular complexity index is 1020. The number of benzene rings is 1. The molecule has 1 aliphatic heterocycles. The monoisotopic (exact) mass is 448 g/mol. The number of hydrogen-bond acceptors (Lipinski definition) is 5. The standard InChI is InChI=1S/C22H24BF3N2O4/c1-20(2)21(3,4)32-23(31-20)14-5-8-16(17(12-14)30-15-6-7-15)19(29)28-18-11-13(9-10-27-18)22(24,25)26/h5,8-12,15H,6-7H2,1-4H3,(H,27,28,29). The van der Waals surface area contributed by atoms with Crippen LogP contribution in [0, 0.1) is 0 Å². The number of nitrogens with zero attached hydrogens (tertiary/aromatic N) is 1. The van der Waals surface area contributed by atoms with Gasteiger partial charge in [0.15, 0.2) is 0 Å². The van der Waals surface area contributed by atoms with E-state index in [0.29, 0.717) is 11.2 Å². The topological polar surface area (TPSA) is 69.7 Å². The molecule has 1 aromatic carbocycles. The third-order valence-corrected chi connectivity index (χ3v) is 5.92. The van der Waals surface area contributed by atoms with Crippen molar-refractivity contribution in [1.29, 1.82) is 0 Å². The van der Waals surface area contributed by atoms with Gasteiger partial charge < -0.3 is 19.4 Å². The number of amides is 1. The van der Waals surface area contributed by atoms with Crippen LogP contribution in [0.2, 0.25) is 0 Å². The largest absolute Gasteiger partial charge is 0.494 e. The van der Waals surface area contributed by atoms with E-state index in [4.69, 9.17) is 14.0 Å². The molecule has 0 bridgehead atoms. The number of aromatic nitrogens is 1. The Morgan fingerprint density at radius 1 is 1.12 bits per heavy atom. The zero-order chi connectivity index (χ0) is 23.3. The minimum atomic E-state index is -4.53. The van der Waals surface area contributed by atoms with Crippen molar-refractivity contribution < 1.29 is 32.0 Å². The van der Waals surface area contributed by atoms with Crippen molar-refractivity contribution >= 4 is 24.3 Å². The van der Waals surface area contributed by atoms with Gasteiger partial charge in [0.25, 0.3) is 5.91 Å². The van der Waals surface area contributed by atoms with Crippen LogP contribution in [0.15, 0.2) is 36.5 Å². The molecule has 1 aliphatic carbocycles. The average molecular weight is 448 g/mol. The summed E-state index contributed by atoms with van der Waals surface area (Å²) in [6.45, 7) is 7.77. The Morgan fingerprint density at radius 2 is 1.78 bits per heavy atom. The lowest BCUT2D eigenvalue weighted by molar-refractivity contribution is -0.137. The highest BCUT2D eigenvalue weighted by Crippen LogP contribution is 2.37. The van der Waals surface area contributed by atoms with E-state index in [-0.39, 0.29) is 17.5 Å². The minimum Gasteiger partial charge on any atom is -0.490 e. The van der Waals surface area contributed by atoms with E-state index >= 15 is 0 Å². The van der Waals surface area contributed by atoms with E-state index in [1.54, 1.807) is 18.2 Å². The van der Waals surface area contributed by atoms with Gasteiger partial charge in [-0.15, -0.1) is 0 Å². The van der Waals surface area contributed by atoms with Gasteiger partial charge in [-0.2, -0.15) is 13.2 Å². The predicted octanol–water partition coefficient (Wildman–Crippen LogP) is 4.19. The molecule has 2 aromatic rings. The Hall–Kier alpha value is -2.59. The molecule has 2 fully saturated rings. The fourth-order valence-electron chi connectivity index (χ4n) is 3.17. The first kappa shape index (κ1) is 22.6. The summed E-state index contributed by atoms with van der Waals surface area (Å²) in [5.41, 5.74) is -1.07. The van der Waals surface area contributed by atoms with Crippen LogP contribution in [0.1, 0.15) is 56.5 Å². The van der Waals surface area contributed by atoms with E-state index in [2.05, 4.69) is 10.3 Å². The van der Waals surface area contributed by atoms with Gasteiger partial charge in [0.1, 0.15) is 11.6 Å². The molecule has 1 amide bonds. The van der Waals surface area contributed by atoms with Crippen molar-refractivity contribution in [2.24, 2.45) is 0 Å². The molecule has 0 unspecified atom stereocenters. The van der Waals surface area contributed by atoms with Gasteiger partial charge >= 0.3 is 13.3 Å². The Labute approximate surface area is 184 Å². The minimum absolute atomic E-state index is 0.00165. The molecule has 32 heavy (non-hydrogen) atoms. The summed E-state index contributed by atoms with van der Waals surface area (Å²) in [6, 6.07) is 6.57. The van der Waals surface area contributed by atoms with Crippen LogP contribution in [0.4, 0.5) is 19.0 Å². The smallest absolute Gasteiger partial charge is 0.490 e. The highest BCUT2D eigenvalue weighted by atomic mass is 19.4. The van der Waals surface area contributed by atoms with Crippen molar-refractivity contribution in [3.8, 4) is 5.75 Å². The molecule has 10 heteroatoms. The normalized spacial score (nSPS) is 19.7. The van der Waals surface area contributed by atoms with Crippen molar-refractivity contribution in [2.75, 3.05) is 5.32 Å². The maximum atomic E-state index is 13.0. The van der Waals surface area contributed by atoms with Crippen LogP contribution < -0.4 is 15.5 Å². The van der Waals surface area contributed by atoms with E-state index in [9.17, 15) is 18.0 Å². The van der Waals surface area contributed by atoms with Gasteiger partial charge in [-0.25, -0.2) is 4.98 Å². The average Bonchev–Trinajstić information content (AvgIpc) is 3.46. The number of hydrogen-bond donors (Lipinski definition) is 1. The number of carbonyl (C=O) groups excluding carboxylic acids is 1. The summed E-state index contributed by atoms with van der Waals surface area (Å²) in [5.74, 6) is -0.491. The summed E-state index contributed by atoms with van der Waals surface area (Å²) < 4.78 is 56.9. The van der Waals surface area contributed by atoms with Gasteiger partial charge in [-0.05, 0) is 70.3 Å². The second kappa shape index (κ2) is 7.77. The molecule has 1 aromatic heterocycles. The number of ether oxygens (including phenoxy) is 1. The lowest BCUT2D eigenvalue weighted by Crippen LogP contribution is -2.41. The van der Waals surface area contributed by atoms with E-state index in [1.807, 2.05) is 27.7 Å². The summed E-state index contributed by atoms with van der Waals surface area (Å²) in [7, 11) is -0.635. The molecule has 1 saturated carbocycles. The number of nitrogens with one attached hydrogen (secondary N) is 1. The first-order valence-electron chi connectivity index (χ1n) is 10.4. The number of halogens is 3. The van der Waals surface area contributed by atoms with Crippen molar-refractivity contribution in [2.45, 2.75) is 64.0 Å². The van der Waals surface area contributed by atoms with Crippen LogP contribution in [-0.2, 0) is 15.5 Å². The summed E-state index contributed by atoms with van der Waals surface area (Å²) in [5, 5.41) is 2.43. The Balaban J connectivity index is 1.59. The maximum Gasteiger partial charge on any atom is 0.494 e. The van der Waals surface area contributed by atoms with Crippen LogP contribution in [0.3, 0.4) is 0 Å². The highest BCUT2D eigenvalue weighted by Gasteiger charge is 2.51. The van der Waals surface area contributed by atoms with Gasteiger partial charge in [0, 0.05) is 6.20 Å². The number of carbonyl (C=O) groups is 1. The fourth-order valence-corrected chi connectivity index (χ4v) is 3.17. The predicted molar refractivity (Wildman–Crippen MR) is 113 cm³/mol. The molecule has 6 nitrogen and oxygen atoms in total. The second-order valence-corrected chi connectivity index (χ2v) is 9.04. The number of alkyl halides is 3. The van der Waals surface area contributed by atoms with Gasteiger partial charge in [-0.3, -0.25) is 4.79 Å². The number of rotatable bonds is 5. The number of pyridine rings is 1. The van der Waals surface area contributed by atoms with Crippen LogP contribution in [-0.4, -0.2) is 35.3 Å². The van der Waals surface area contributed by atoms with Crippen LogP contribution in [0.25, 0.3) is 0 Å². The molecule has 0 atom stereocenters. The van der Waals surface area contributed by atoms with E-state index in [1.165, 1.54) is 0 Å². The lowest BCUT2D eigenvalue weighted by Gasteiger charge is -2.32. The van der Waals surface area contributed by atoms with Crippen LogP contribution in [0.5, 0.6) is 5.75 Å². The summed E-state index contributed by atoms with van der Waals surface area (Å²) in [6.07, 6.45) is -1.79. The molecule has 2 heterocycles. The molecule has 0 radical (unpaired) electrons. The van der Waals surface area contributed by atoms with Crippen molar-refractivity contribution in [3.05, 3.63) is 47.7 Å². The maximum absolute atomic E-state index is 13.0. The molecule has 0 spiro atoms. The number of anilines is 1. The first-order chi connectivity index (χ1) is 14.9. The molecule has 170 valence electrons. The Morgan fingerprint density at radius 3 is 2.38 bits per heavy atom. The van der Waals surface area contributed by atoms with Gasteiger partial charge in [0.2, 0.25) is 0 Å². The Kier molecular flexibility index (Phi) is 5.49. The molecular weight excluding hydrogens is 424 g/mol. The highest BCUT2D eigenvalue weighted by molar-refractivity contribution is 6.62. The molecule has 4 rings (SSSR count). The summed E-state index contributed by atoms with van der Waals surface area (Å²) in [4.78, 5) is 16.7. The second-order valence-electron chi connectivity index (χ2n) is 9.04. The molecular formula is C22H24BF3N2O4. The fraction of sp³-hybridized carbons (Fsp3) is 0.455. The van der Waals surface area contributed by atoms with Gasteiger partial charge in [0.05, 0.1) is 28.4 Å². The third-order valence-electron chi connectivity index (χ3n) is 5.92. The molecule has 2 aliphatic rings. The molecule has 1 N–H and O–H groups in total. The van der Waals surface area contributed by atoms with Crippen molar-refractivity contribution in [1.82, 2.24) is 4.98 Å². The zero-order valence-corrected chi connectivity index (χ0v) is 18.2. The lowest BCUT2D eigenvalue weighted by atomic mass is 9.78. The van der Waals surface area contributed by atoms with E-state index in [0.717, 1.165) is 31.2 Å². The first-order valence-corrected chi connectivity index (χ1v) is 10.4. The van der Waals surface area contributed by atoms with E-state index < -0.39 is 36.0 Å². The third kappa shape index (κ3) is 4.61.